The molecule has 0 heterocycles. The molecule has 2 unspecified atom stereocenters. The van der Waals surface area contributed by atoms with Gasteiger partial charge in [-0.15, -0.1) is 0 Å². The number of rotatable bonds is 43. The molecule has 0 saturated carbocycles. The van der Waals surface area contributed by atoms with Gasteiger partial charge in [-0.2, -0.15) is 0 Å². The number of esters is 1. The normalized spacial score (nSPS) is 14.2. The van der Waals surface area contributed by atoms with Crippen molar-refractivity contribution in [2.24, 2.45) is 0 Å². The van der Waals surface area contributed by atoms with E-state index in [1.165, 1.54) is 122 Å². The number of carbonyl (C=O) groups excluding carboxylic acids is 1. The molecule has 0 saturated heterocycles. The lowest BCUT2D eigenvalue weighted by molar-refractivity contribution is -0.870. The molecule has 0 aliphatic carbocycles. The molecule has 0 aromatic rings. The van der Waals surface area contributed by atoms with Gasteiger partial charge in [0.2, 0.25) is 0 Å². The standard InChI is InChI=1S/C49H90NO7P/c1-6-8-10-12-14-16-18-20-22-23-24-25-26-27-29-31-33-35-37-39-41-44-54-46-48(47-56-58(52,53)55-45-43-50(3,4)5)57-49(51)42-40-38-36-34-32-30-28-21-19-17-15-13-11-9-7-2/h9,11,15,17,21,28,32,34,38,40,48H,6-8,10,12-14,16,18-20,22-27,29-31,33,35-37,39,41-47H2,1-5H3/p+1/b11-9-,17-15-,28-21-,34-32-,40-38-. The van der Waals surface area contributed by atoms with Crippen LogP contribution in [0.25, 0.3) is 0 Å². The Bertz CT molecular complexity index is 1110. The van der Waals surface area contributed by atoms with Gasteiger partial charge in [0.25, 0.3) is 0 Å². The molecule has 0 spiro atoms. The summed E-state index contributed by atoms with van der Waals surface area (Å²) in [5.41, 5.74) is 0. The monoisotopic (exact) mass is 837 g/mol. The second kappa shape index (κ2) is 41.9. The number of hydrogen-bond acceptors (Lipinski definition) is 6. The van der Waals surface area contributed by atoms with Crippen LogP contribution in [0.15, 0.2) is 60.8 Å². The van der Waals surface area contributed by atoms with Gasteiger partial charge in [0.1, 0.15) is 19.3 Å². The third-order valence-electron chi connectivity index (χ3n) is 9.88. The summed E-state index contributed by atoms with van der Waals surface area (Å²) >= 11 is 0. The highest BCUT2D eigenvalue weighted by atomic mass is 31.2. The van der Waals surface area contributed by atoms with E-state index in [-0.39, 0.29) is 26.2 Å². The molecule has 1 N–H and O–H groups in total. The Balaban J connectivity index is 4.24. The summed E-state index contributed by atoms with van der Waals surface area (Å²) in [6, 6.07) is 0. The van der Waals surface area contributed by atoms with E-state index in [0.717, 1.165) is 44.9 Å². The Morgan fingerprint density at radius 1 is 0.534 bits per heavy atom. The molecular weight excluding hydrogens is 746 g/mol. The number of phosphoric ester groups is 1. The fourth-order valence-electron chi connectivity index (χ4n) is 6.28. The van der Waals surface area contributed by atoms with Crippen molar-refractivity contribution in [3.05, 3.63) is 60.8 Å². The van der Waals surface area contributed by atoms with E-state index in [1.54, 1.807) is 6.08 Å². The summed E-state index contributed by atoms with van der Waals surface area (Å²) in [6.45, 7) is 5.39. The highest BCUT2D eigenvalue weighted by molar-refractivity contribution is 7.47. The summed E-state index contributed by atoms with van der Waals surface area (Å²) in [5.74, 6) is -0.439. The first kappa shape index (κ1) is 56.2. The predicted octanol–water partition coefficient (Wildman–Crippen LogP) is 14.1. The fourth-order valence-corrected chi connectivity index (χ4v) is 7.02. The van der Waals surface area contributed by atoms with E-state index >= 15 is 0 Å². The first-order valence-electron chi connectivity index (χ1n) is 23.5. The van der Waals surface area contributed by atoms with E-state index in [0.29, 0.717) is 17.6 Å². The molecule has 0 radical (unpaired) electrons. The van der Waals surface area contributed by atoms with Crippen LogP contribution < -0.4 is 0 Å². The van der Waals surface area contributed by atoms with Gasteiger partial charge in [-0.3, -0.25) is 13.8 Å². The summed E-state index contributed by atoms with van der Waals surface area (Å²) < 4.78 is 34.9. The highest BCUT2D eigenvalue weighted by Gasteiger charge is 2.26. The van der Waals surface area contributed by atoms with Crippen LogP contribution in [-0.2, 0) is 27.9 Å². The zero-order valence-corrected chi connectivity index (χ0v) is 39.2. The van der Waals surface area contributed by atoms with Gasteiger partial charge in [-0.25, -0.2) is 4.57 Å². The van der Waals surface area contributed by atoms with Gasteiger partial charge in [-0.1, -0.05) is 203 Å². The van der Waals surface area contributed by atoms with E-state index < -0.39 is 19.9 Å². The molecule has 9 heteroatoms. The molecular formula is C49H91NO7P+. The Morgan fingerprint density at radius 3 is 1.34 bits per heavy atom. The van der Waals surface area contributed by atoms with Gasteiger partial charge < -0.3 is 18.9 Å². The maximum absolute atomic E-state index is 12.6. The number of carbonyl (C=O) groups is 1. The number of nitrogens with zero attached hydrogens (tertiary/aromatic N) is 1. The minimum Gasteiger partial charge on any atom is -0.457 e. The van der Waals surface area contributed by atoms with E-state index in [2.05, 4.69) is 62.5 Å². The van der Waals surface area contributed by atoms with Gasteiger partial charge >= 0.3 is 13.8 Å². The maximum Gasteiger partial charge on any atom is 0.472 e. The molecule has 338 valence electrons. The van der Waals surface area contributed by atoms with E-state index in [4.69, 9.17) is 18.5 Å². The van der Waals surface area contributed by atoms with E-state index in [9.17, 15) is 14.3 Å². The van der Waals surface area contributed by atoms with Crippen molar-refractivity contribution in [3.63, 3.8) is 0 Å². The molecule has 58 heavy (non-hydrogen) atoms. The number of phosphoric acid groups is 1. The summed E-state index contributed by atoms with van der Waals surface area (Å²) in [4.78, 5) is 22.8. The predicted molar refractivity (Wildman–Crippen MR) is 247 cm³/mol. The zero-order chi connectivity index (χ0) is 42.7. The van der Waals surface area contributed by atoms with Crippen LogP contribution in [0.2, 0.25) is 0 Å². The summed E-state index contributed by atoms with van der Waals surface area (Å²) in [6.07, 6.45) is 53.0. The van der Waals surface area contributed by atoms with Crippen LogP contribution in [0, 0.1) is 0 Å². The maximum atomic E-state index is 12.6. The summed E-state index contributed by atoms with van der Waals surface area (Å²) in [5, 5.41) is 0. The van der Waals surface area contributed by atoms with Gasteiger partial charge in [0, 0.05) is 6.61 Å². The molecule has 0 amide bonds. The third kappa shape index (κ3) is 45.3. The van der Waals surface area contributed by atoms with Crippen LogP contribution in [0.5, 0.6) is 0 Å². The van der Waals surface area contributed by atoms with E-state index in [1.807, 2.05) is 27.2 Å². The number of likely N-dealkylation sites (N-methyl/N-ethyl adjacent to an activating group) is 1. The van der Waals surface area contributed by atoms with Crippen LogP contribution >= 0.6 is 7.82 Å². The SMILES string of the molecule is CC/C=C\C/C=C\C/C=C\C/C=C\C/C=C\CC(=O)OC(COCCCCCCCCCCCCCCCCCCCCCCC)COP(=O)(O)OCC[N+](C)(C)C. The van der Waals surface area contributed by atoms with Crippen molar-refractivity contribution >= 4 is 13.8 Å². The Labute approximate surface area is 358 Å². The second-order valence-electron chi connectivity index (χ2n) is 16.8. The average molecular weight is 837 g/mol. The number of unbranched alkanes of at least 4 members (excludes halogenated alkanes) is 20. The van der Waals surface area contributed by atoms with Crippen molar-refractivity contribution in [1.82, 2.24) is 0 Å². The minimum absolute atomic E-state index is 0.0712. The molecule has 0 bridgehead atoms. The molecule has 2 atom stereocenters. The third-order valence-corrected chi connectivity index (χ3v) is 10.9. The van der Waals surface area contributed by atoms with Crippen molar-refractivity contribution in [1.29, 1.82) is 0 Å². The Kier molecular flexibility index (Phi) is 40.6. The number of quaternary nitrogens is 1. The van der Waals surface area contributed by atoms with Crippen molar-refractivity contribution in [2.45, 2.75) is 193 Å². The number of allylic oxidation sites excluding steroid dienone is 9. The average Bonchev–Trinajstić information content (AvgIpc) is 3.18. The topological polar surface area (TPSA) is 91.3 Å². The van der Waals surface area contributed by atoms with Gasteiger partial charge in [0.15, 0.2) is 0 Å². The minimum atomic E-state index is -4.30. The second-order valence-corrected chi connectivity index (χ2v) is 18.2. The summed E-state index contributed by atoms with van der Waals surface area (Å²) in [7, 11) is 1.61. The molecule has 0 aliphatic heterocycles. The van der Waals surface area contributed by atoms with Crippen LogP contribution in [-0.4, -0.2) is 75.6 Å². The lowest BCUT2D eigenvalue weighted by Gasteiger charge is -2.24. The quantitative estimate of drug-likeness (QED) is 0.0215. The smallest absolute Gasteiger partial charge is 0.457 e. The number of hydrogen-bond donors (Lipinski definition) is 1. The largest absolute Gasteiger partial charge is 0.472 e. The Hall–Kier alpha value is -1.80. The molecule has 0 aromatic heterocycles. The first-order valence-corrected chi connectivity index (χ1v) is 25.0. The zero-order valence-electron chi connectivity index (χ0n) is 38.3. The molecule has 0 fully saturated rings. The van der Waals surface area contributed by atoms with Crippen LogP contribution in [0.3, 0.4) is 0 Å². The van der Waals surface area contributed by atoms with Crippen molar-refractivity contribution in [2.75, 3.05) is 54.1 Å². The van der Waals surface area contributed by atoms with Crippen molar-refractivity contribution < 1.29 is 37.3 Å². The molecule has 0 aliphatic rings. The first-order chi connectivity index (χ1) is 28.1. The molecule has 0 aromatic carbocycles. The van der Waals surface area contributed by atoms with Crippen molar-refractivity contribution in [3.8, 4) is 0 Å². The highest BCUT2D eigenvalue weighted by Crippen LogP contribution is 2.43. The molecule has 8 nitrogen and oxygen atoms in total. The van der Waals surface area contributed by atoms with Crippen LogP contribution in [0.1, 0.15) is 187 Å². The van der Waals surface area contributed by atoms with Gasteiger partial charge in [-0.05, 0) is 38.5 Å². The fraction of sp³-hybridized carbons (Fsp3) is 0.776. The van der Waals surface area contributed by atoms with Crippen LogP contribution in [0.4, 0.5) is 0 Å². The van der Waals surface area contributed by atoms with Gasteiger partial charge in [0.05, 0.1) is 40.8 Å². The lowest BCUT2D eigenvalue weighted by Crippen LogP contribution is -2.37. The lowest BCUT2D eigenvalue weighted by atomic mass is 10.0. The number of ether oxygens (including phenoxy) is 2. The Morgan fingerprint density at radius 2 is 0.931 bits per heavy atom. The molecule has 0 rings (SSSR count).